The van der Waals surface area contributed by atoms with Gasteiger partial charge in [-0.05, 0) is 61.8 Å². The summed E-state index contributed by atoms with van der Waals surface area (Å²) in [5.41, 5.74) is 2.48. The molecule has 0 bridgehead atoms. The van der Waals surface area contributed by atoms with Gasteiger partial charge in [-0.25, -0.2) is 8.78 Å². The van der Waals surface area contributed by atoms with Crippen LogP contribution in [0.15, 0.2) is 42.5 Å². The summed E-state index contributed by atoms with van der Waals surface area (Å²) in [6.07, 6.45) is 2.50. The van der Waals surface area contributed by atoms with Crippen molar-refractivity contribution >= 4 is 28.7 Å². The third kappa shape index (κ3) is 4.45. The van der Waals surface area contributed by atoms with E-state index in [2.05, 4.69) is 39.8 Å². The molecule has 0 aliphatic carbocycles. The molecule has 1 aliphatic heterocycles. The molecule has 132 valence electrons. The van der Waals surface area contributed by atoms with Crippen molar-refractivity contribution in [2.45, 2.75) is 25.8 Å². The fourth-order valence-corrected chi connectivity index (χ4v) is 3.27. The molecule has 0 saturated carbocycles. The van der Waals surface area contributed by atoms with Crippen LogP contribution in [-0.4, -0.2) is 18.2 Å². The largest absolute Gasteiger partial charge is 0.372 e. The van der Waals surface area contributed by atoms with E-state index in [4.69, 9.17) is 12.2 Å². The van der Waals surface area contributed by atoms with Crippen molar-refractivity contribution in [3.05, 3.63) is 59.7 Å². The third-order valence-electron chi connectivity index (χ3n) is 4.39. The fourth-order valence-electron chi connectivity index (χ4n) is 2.98. The van der Waals surface area contributed by atoms with Gasteiger partial charge in [0.05, 0.1) is 11.7 Å². The first kappa shape index (κ1) is 17.6. The zero-order chi connectivity index (χ0) is 17.8. The Bertz CT molecular complexity index is 743. The molecular weight excluding hydrogens is 340 g/mol. The average Bonchev–Trinajstić information content (AvgIpc) is 3.12. The molecule has 0 spiro atoms. The van der Waals surface area contributed by atoms with Gasteiger partial charge in [0.25, 0.3) is 0 Å². The van der Waals surface area contributed by atoms with Crippen molar-refractivity contribution in [3.63, 3.8) is 0 Å². The highest BCUT2D eigenvalue weighted by atomic mass is 32.1. The van der Waals surface area contributed by atoms with Gasteiger partial charge in [0.1, 0.15) is 11.6 Å². The van der Waals surface area contributed by atoms with Crippen molar-refractivity contribution in [1.82, 2.24) is 5.32 Å². The maximum absolute atomic E-state index is 13.7. The highest BCUT2D eigenvalue weighted by Gasteiger charge is 2.13. The Morgan fingerprint density at radius 2 is 1.76 bits per heavy atom. The number of nitrogens with zero attached hydrogens (tertiary/aromatic N) is 1. The van der Waals surface area contributed by atoms with Gasteiger partial charge < -0.3 is 15.5 Å². The lowest BCUT2D eigenvalue weighted by Gasteiger charge is -2.20. The van der Waals surface area contributed by atoms with Crippen LogP contribution < -0.4 is 15.5 Å². The second-order valence-corrected chi connectivity index (χ2v) is 6.64. The van der Waals surface area contributed by atoms with Gasteiger partial charge in [-0.1, -0.05) is 12.1 Å². The number of hydrogen-bond acceptors (Lipinski definition) is 2. The first-order valence-electron chi connectivity index (χ1n) is 8.40. The Hall–Kier alpha value is -2.21. The Morgan fingerprint density at radius 1 is 1.08 bits per heavy atom. The van der Waals surface area contributed by atoms with Crippen molar-refractivity contribution in [3.8, 4) is 0 Å². The van der Waals surface area contributed by atoms with Gasteiger partial charge in [0.2, 0.25) is 0 Å². The van der Waals surface area contributed by atoms with Crippen LogP contribution in [-0.2, 0) is 0 Å². The van der Waals surface area contributed by atoms with E-state index in [1.54, 1.807) is 0 Å². The molecule has 2 N–H and O–H groups in total. The fraction of sp³-hybridized carbons (Fsp3) is 0.316. The van der Waals surface area contributed by atoms with Gasteiger partial charge in [0.15, 0.2) is 5.11 Å². The van der Waals surface area contributed by atoms with E-state index >= 15 is 0 Å². The lowest BCUT2D eigenvalue weighted by Crippen LogP contribution is -2.31. The van der Waals surface area contributed by atoms with E-state index < -0.39 is 11.6 Å². The summed E-state index contributed by atoms with van der Waals surface area (Å²) in [5, 5.41) is 6.18. The van der Waals surface area contributed by atoms with Crippen LogP contribution >= 0.6 is 12.2 Å². The van der Waals surface area contributed by atoms with E-state index in [9.17, 15) is 8.78 Å². The Balaban J connectivity index is 1.59. The van der Waals surface area contributed by atoms with Crippen molar-refractivity contribution in [1.29, 1.82) is 0 Å². The number of halogens is 2. The summed E-state index contributed by atoms with van der Waals surface area (Å²) in [6.45, 7) is 4.22. The number of thiocarbonyl (C=S) groups is 1. The minimum absolute atomic E-state index is 0.0314. The van der Waals surface area contributed by atoms with E-state index in [1.165, 1.54) is 30.7 Å². The maximum atomic E-state index is 13.7. The monoisotopic (exact) mass is 361 g/mol. The van der Waals surface area contributed by atoms with Crippen LogP contribution in [0.5, 0.6) is 0 Å². The minimum atomic E-state index is -0.674. The molecule has 2 aromatic rings. The standard InChI is InChI=1S/C19H21F2N3S/c1-13(14-4-7-16(8-5-14)24-10-2-3-11-24)22-19(25)23-18-9-6-15(20)12-17(18)21/h4-9,12-13H,2-3,10-11H2,1H3,(H2,22,23,25)/t13-/m1/s1. The summed E-state index contributed by atoms with van der Waals surface area (Å²) in [6, 6.07) is 11.7. The molecule has 25 heavy (non-hydrogen) atoms. The molecule has 1 saturated heterocycles. The Labute approximate surface area is 152 Å². The maximum Gasteiger partial charge on any atom is 0.171 e. The smallest absolute Gasteiger partial charge is 0.171 e. The molecule has 0 aromatic heterocycles. The predicted octanol–water partition coefficient (Wildman–Crippen LogP) is 4.61. The topological polar surface area (TPSA) is 27.3 Å². The van der Waals surface area contributed by atoms with Gasteiger partial charge in [-0.2, -0.15) is 0 Å². The normalized spacial score (nSPS) is 15.1. The van der Waals surface area contributed by atoms with Crippen LogP contribution in [0, 0.1) is 11.6 Å². The average molecular weight is 361 g/mol. The first-order valence-corrected chi connectivity index (χ1v) is 8.81. The molecule has 6 heteroatoms. The van der Waals surface area contributed by atoms with E-state index in [0.717, 1.165) is 24.7 Å². The zero-order valence-corrected chi connectivity index (χ0v) is 14.9. The molecule has 1 fully saturated rings. The highest BCUT2D eigenvalue weighted by molar-refractivity contribution is 7.80. The second kappa shape index (κ2) is 7.78. The van der Waals surface area contributed by atoms with Gasteiger partial charge in [0, 0.05) is 24.8 Å². The number of hydrogen-bond donors (Lipinski definition) is 2. The summed E-state index contributed by atoms with van der Waals surface area (Å²) in [7, 11) is 0. The van der Waals surface area contributed by atoms with Crippen LogP contribution in [0.3, 0.4) is 0 Å². The summed E-state index contributed by atoms with van der Waals surface area (Å²) < 4.78 is 26.6. The summed E-state index contributed by atoms with van der Waals surface area (Å²) in [5.74, 6) is -1.29. The molecule has 3 rings (SSSR count). The lowest BCUT2D eigenvalue weighted by molar-refractivity contribution is 0.586. The van der Waals surface area contributed by atoms with Gasteiger partial charge in [-0.3, -0.25) is 0 Å². The number of anilines is 2. The molecule has 1 atom stereocenters. The lowest BCUT2D eigenvalue weighted by atomic mass is 10.1. The van der Waals surface area contributed by atoms with Crippen molar-refractivity contribution in [2.24, 2.45) is 0 Å². The predicted molar refractivity (Wildman–Crippen MR) is 102 cm³/mol. The minimum Gasteiger partial charge on any atom is -0.372 e. The van der Waals surface area contributed by atoms with E-state index in [1.807, 2.05) is 6.92 Å². The highest BCUT2D eigenvalue weighted by Crippen LogP contribution is 2.23. The number of benzene rings is 2. The van der Waals surface area contributed by atoms with Gasteiger partial charge in [-0.15, -0.1) is 0 Å². The first-order chi connectivity index (χ1) is 12.0. The SMILES string of the molecule is C[C@@H](NC(=S)Nc1ccc(F)cc1F)c1ccc(N2CCCC2)cc1. The van der Waals surface area contributed by atoms with Gasteiger partial charge >= 0.3 is 0 Å². The van der Waals surface area contributed by atoms with Crippen molar-refractivity contribution in [2.75, 3.05) is 23.3 Å². The Morgan fingerprint density at radius 3 is 2.40 bits per heavy atom. The third-order valence-corrected chi connectivity index (χ3v) is 4.61. The second-order valence-electron chi connectivity index (χ2n) is 6.23. The number of nitrogens with one attached hydrogen (secondary N) is 2. The van der Waals surface area contributed by atoms with E-state index in [-0.39, 0.29) is 11.7 Å². The van der Waals surface area contributed by atoms with Crippen LogP contribution in [0.4, 0.5) is 20.2 Å². The van der Waals surface area contributed by atoms with Crippen LogP contribution in [0.25, 0.3) is 0 Å². The Kier molecular flexibility index (Phi) is 5.48. The van der Waals surface area contributed by atoms with Crippen LogP contribution in [0.1, 0.15) is 31.4 Å². The molecule has 0 radical (unpaired) electrons. The molecule has 0 unspecified atom stereocenters. The molecule has 3 nitrogen and oxygen atoms in total. The van der Waals surface area contributed by atoms with Crippen LogP contribution in [0.2, 0.25) is 0 Å². The molecular formula is C19H21F2N3S. The summed E-state index contributed by atoms with van der Waals surface area (Å²) >= 11 is 5.23. The molecule has 1 heterocycles. The number of rotatable bonds is 4. The molecule has 2 aromatic carbocycles. The summed E-state index contributed by atoms with van der Waals surface area (Å²) in [4.78, 5) is 2.38. The molecule has 0 amide bonds. The molecule has 1 aliphatic rings. The van der Waals surface area contributed by atoms with Crippen molar-refractivity contribution < 1.29 is 8.78 Å². The van der Waals surface area contributed by atoms with E-state index in [0.29, 0.717) is 5.11 Å². The quantitative estimate of drug-likeness (QED) is 0.778. The zero-order valence-electron chi connectivity index (χ0n) is 14.1.